The average Bonchev–Trinajstić information content (AvgIpc) is 2.83. The molecule has 0 atom stereocenters. The molecule has 1 aliphatic carbocycles. The number of hydrogen-bond donors (Lipinski definition) is 0. The van der Waals surface area contributed by atoms with E-state index in [1.807, 2.05) is 0 Å². The number of aromatic nitrogens is 1. The van der Waals surface area contributed by atoms with Crippen LogP contribution in [0.4, 0.5) is 0 Å². The third kappa shape index (κ3) is 1.12. The second kappa shape index (κ2) is 2.48. The SMILES string of the molecule is O=C1OC2(CC2)Cc2nc(Cl)ccc21. The maximum absolute atomic E-state index is 11.5. The van der Waals surface area contributed by atoms with Gasteiger partial charge in [-0.2, -0.15) is 0 Å². The van der Waals surface area contributed by atoms with Crippen molar-refractivity contribution >= 4 is 17.6 Å². The number of rotatable bonds is 0. The first-order valence-electron chi connectivity index (χ1n) is 4.57. The fourth-order valence-electron chi connectivity index (χ4n) is 1.81. The van der Waals surface area contributed by atoms with Crippen LogP contribution in [0.25, 0.3) is 0 Å². The molecule has 2 aliphatic rings. The highest BCUT2D eigenvalue weighted by Gasteiger charge is 2.50. The minimum absolute atomic E-state index is 0.234. The van der Waals surface area contributed by atoms with E-state index in [9.17, 15) is 4.79 Å². The van der Waals surface area contributed by atoms with Crippen molar-refractivity contribution in [2.75, 3.05) is 0 Å². The molecule has 1 aliphatic heterocycles. The second-order valence-corrected chi connectivity index (χ2v) is 4.26. The van der Waals surface area contributed by atoms with Crippen LogP contribution in [0.1, 0.15) is 28.9 Å². The van der Waals surface area contributed by atoms with Crippen LogP contribution in [0, 0.1) is 0 Å². The Morgan fingerprint density at radius 2 is 2.21 bits per heavy atom. The van der Waals surface area contributed by atoms with Gasteiger partial charge in [0.1, 0.15) is 10.8 Å². The fraction of sp³-hybridized carbons (Fsp3) is 0.400. The van der Waals surface area contributed by atoms with E-state index in [1.54, 1.807) is 12.1 Å². The van der Waals surface area contributed by atoms with E-state index in [4.69, 9.17) is 16.3 Å². The van der Waals surface area contributed by atoms with Crippen LogP contribution in [-0.4, -0.2) is 16.6 Å². The van der Waals surface area contributed by atoms with Crippen molar-refractivity contribution in [3.63, 3.8) is 0 Å². The quantitative estimate of drug-likeness (QED) is 0.485. The Kier molecular flexibility index (Phi) is 1.46. The highest BCUT2D eigenvalue weighted by atomic mass is 35.5. The van der Waals surface area contributed by atoms with Crippen molar-refractivity contribution in [1.82, 2.24) is 4.98 Å². The van der Waals surface area contributed by atoms with Gasteiger partial charge in [0.2, 0.25) is 0 Å². The molecule has 3 rings (SSSR count). The molecule has 0 unspecified atom stereocenters. The summed E-state index contributed by atoms with van der Waals surface area (Å²) in [5.74, 6) is -0.257. The Morgan fingerprint density at radius 3 is 2.93 bits per heavy atom. The number of carbonyl (C=O) groups is 1. The lowest BCUT2D eigenvalue weighted by Gasteiger charge is -2.23. The number of hydrogen-bond acceptors (Lipinski definition) is 3. The molecule has 0 aromatic carbocycles. The van der Waals surface area contributed by atoms with Crippen molar-refractivity contribution in [3.05, 3.63) is 28.5 Å². The van der Waals surface area contributed by atoms with Crippen LogP contribution in [0.2, 0.25) is 5.15 Å². The van der Waals surface area contributed by atoms with Crippen molar-refractivity contribution in [1.29, 1.82) is 0 Å². The zero-order valence-corrected chi connectivity index (χ0v) is 8.17. The summed E-state index contributed by atoms with van der Waals surface area (Å²) in [4.78, 5) is 15.7. The first-order valence-corrected chi connectivity index (χ1v) is 4.95. The van der Waals surface area contributed by atoms with E-state index in [0.717, 1.165) is 18.5 Å². The van der Waals surface area contributed by atoms with Crippen molar-refractivity contribution in [3.8, 4) is 0 Å². The predicted octanol–water partition coefficient (Wildman–Crippen LogP) is 1.98. The lowest BCUT2D eigenvalue weighted by Crippen LogP contribution is -2.29. The van der Waals surface area contributed by atoms with Gasteiger partial charge in [-0.3, -0.25) is 0 Å². The Labute approximate surface area is 86.0 Å². The van der Waals surface area contributed by atoms with Gasteiger partial charge < -0.3 is 4.74 Å². The largest absolute Gasteiger partial charge is 0.455 e. The Bertz CT molecular complexity index is 426. The molecule has 1 saturated carbocycles. The molecule has 1 aromatic rings. The first kappa shape index (κ1) is 8.24. The van der Waals surface area contributed by atoms with Gasteiger partial charge in [-0.15, -0.1) is 0 Å². The van der Waals surface area contributed by atoms with E-state index >= 15 is 0 Å². The number of halogens is 1. The third-order valence-corrected chi connectivity index (χ3v) is 2.98. The summed E-state index contributed by atoms with van der Waals surface area (Å²) >= 11 is 5.77. The van der Waals surface area contributed by atoms with E-state index in [2.05, 4.69) is 4.98 Å². The second-order valence-electron chi connectivity index (χ2n) is 3.88. The number of fused-ring (bicyclic) bond motifs is 1. The lowest BCUT2D eigenvalue weighted by molar-refractivity contribution is 0.0173. The van der Waals surface area contributed by atoms with Crippen LogP contribution >= 0.6 is 11.6 Å². The summed E-state index contributed by atoms with van der Waals surface area (Å²) < 4.78 is 5.33. The van der Waals surface area contributed by atoms with Crippen molar-refractivity contribution in [2.24, 2.45) is 0 Å². The standard InChI is InChI=1S/C10H8ClNO2/c11-8-2-1-6-7(12-8)5-10(3-4-10)14-9(6)13/h1-2H,3-5H2. The van der Waals surface area contributed by atoms with Crippen molar-refractivity contribution < 1.29 is 9.53 Å². The molecular formula is C10H8ClNO2. The molecule has 0 radical (unpaired) electrons. The van der Waals surface area contributed by atoms with Gasteiger partial charge >= 0.3 is 5.97 Å². The highest BCUT2D eigenvalue weighted by Crippen LogP contribution is 2.45. The molecule has 0 saturated heterocycles. The van der Waals surface area contributed by atoms with Gasteiger partial charge in [-0.1, -0.05) is 11.6 Å². The Hall–Kier alpha value is -1.09. The summed E-state index contributed by atoms with van der Waals surface area (Å²) in [5, 5.41) is 0.439. The van der Waals surface area contributed by atoms with Gasteiger partial charge in [0.25, 0.3) is 0 Å². The molecular weight excluding hydrogens is 202 g/mol. The van der Waals surface area contributed by atoms with Crippen LogP contribution in [0.3, 0.4) is 0 Å². The van der Waals surface area contributed by atoms with Crippen LogP contribution in [0.5, 0.6) is 0 Å². The van der Waals surface area contributed by atoms with Gasteiger partial charge in [-0.05, 0) is 25.0 Å². The van der Waals surface area contributed by atoms with Gasteiger partial charge in [0.15, 0.2) is 0 Å². The topological polar surface area (TPSA) is 39.2 Å². The van der Waals surface area contributed by atoms with Crippen LogP contribution < -0.4 is 0 Å². The maximum Gasteiger partial charge on any atom is 0.340 e. The molecule has 1 aromatic heterocycles. The molecule has 0 bridgehead atoms. The molecule has 1 spiro atoms. The van der Waals surface area contributed by atoms with Gasteiger partial charge in [0, 0.05) is 6.42 Å². The Balaban J connectivity index is 2.11. The molecule has 14 heavy (non-hydrogen) atoms. The molecule has 2 heterocycles. The third-order valence-electron chi connectivity index (χ3n) is 2.77. The minimum atomic E-state index is -0.257. The zero-order chi connectivity index (χ0) is 9.76. The van der Waals surface area contributed by atoms with E-state index < -0.39 is 0 Å². The van der Waals surface area contributed by atoms with Gasteiger partial charge in [0.05, 0.1) is 11.3 Å². The Morgan fingerprint density at radius 1 is 1.43 bits per heavy atom. The van der Waals surface area contributed by atoms with Crippen molar-refractivity contribution in [2.45, 2.75) is 24.9 Å². The number of esters is 1. The summed E-state index contributed by atoms with van der Waals surface area (Å²) in [6.07, 6.45) is 2.62. The molecule has 4 heteroatoms. The van der Waals surface area contributed by atoms with E-state index in [-0.39, 0.29) is 11.6 Å². The molecule has 0 N–H and O–H groups in total. The maximum atomic E-state index is 11.5. The predicted molar refractivity (Wildman–Crippen MR) is 50.3 cm³/mol. The molecule has 72 valence electrons. The van der Waals surface area contributed by atoms with Crippen LogP contribution in [-0.2, 0) is 11.2 Å². The van der Waals surface area contributed by atoms with E-state index in [0.29, 0.717) is 17.1 Å². The van der Waals surface area contributed by atoms with Crippen LogP contribution in [0.15, 0.2) is 12.1 Å². The molecule has 3 nitrogen and oxygen atoms in total. The van der Waals surface area contributed by atoms with E-state index in [1.165, 1.54) is 0 Å². The summed E-state index contributed by atoms with van der Waals surface area (Å²) in [7, 11) is 0. The lowest BCUT2D eigenvalue weighted by atomic mass is 10.0. The summed E-state index contributed by atoms with van der Waals surface area (Å²) in [6, 6.07) is 3.30. The average molecular weight is 210 g/mol. The first-order chi connectivity index (χ1) is 6.69. The fourth-order valence-corrected chi connectivity index (χ4v) is 1.97. The normalized spacial score (nSPS) is 21.6. The number of nitrogens with zero attached hydrogens (tertiary/aromatic N) is 1. The minimum Gasteiger partial charge on any atom is -0.455 e. The monoisotopic (exact) mass is 209 g/mol. The molecule has 1 fully saturated rings. The molecule has 0 amide bonds. The summed E-state index contributed by atoms with van der Waals surface area (Å²) in [5.41, 5.74) is 1.11. The van der Waals surface area contributed by atoms with Gasteiger partial charge in [-0.25, -0.2) is 9.78 Å². The summed E-state index contributed by atoms with van der Waals surface area (Å²) in [6.45, 7) is 0. The zero-order valence-electron chi connectivity index (χ0n) is 7.42. The number of carbonyl (C=O) groups excluding carboxylic acids is 1. The number of pyridine rings is 1. The number of ether oxygens (including phenoxy) is 1. The smallest absolute Gasteiger partial charge is 0.340 e. The highest BCUT2D eigenvalue weighted by molar-refractivity contribution is 6.29.